The van der Waals surface area contributed by atoms with Crippen LogP contribution in [-0.2, 0) is 4.79 Å². The largest absolute Gasteiger partial charge is 0.339 e. The fourth-order valence-corrected chi connectivity index (χ4v) is 4.32. The maximum Gasteiger partial charge on any atom is 0.242 e. The third-order valence-corrected chi connectivity index (χ3v) is 5.32. The lowest BCUT2D eigenvalue weighted by atomic mass is 9.93. The second-order valence-electron chi connectivity index (χ2n) is 7.29. The van der Waals surface area contributed by atoms with E-state index in [9.17, 15) is 4.79 Å². The molecule has 1 amide bonds. The Hall–Kier alpha value is -0.0300. The first-order valence-electron chi connectivity index (χ1n) is 7.77. The summed E-state index contributed by atoms with van der Waals surface area (Å²) in [7, 11) is 0. The monoisotopic (exact) mass is 337 g/mol. The maximum atomic E-state index is 12.2. The van der Waals surface area contributed by atoms with Gasteiger partial charge in [0.1, 0.15) is 0 Å². The molecular formula is C15H29Cl2N3O. The first kappa shape index (κ1) is 19.0. The molecule has 0 aromatic carbocycles. The van der Waals surface area contributed by atoms with E-state index >= 15 is 0 Å². The Kier molecular flexibility index (Phi) is 6.37. The molecule has 0 spiro atoms. The highest BCUT2D eigenvalue weighted by molar-refractivity contribution is 5.86. The van der Waals surface area contributed by atoms with Gasteiger partial charge >= 0.3 is 0 Å². The molecule has 3 fully saturated rings. The smallest absolute Gasteiger partial charge is 0.242 e. The molecule has 1 heterocycles. The average molecular weight is 338 g/mol. The van der Waals surface area contributed by atoms with Gasteiger partial charge in [0.25, 0.3) is 0 Å². The van der Waals surface area contributed by atoms with Crippen molar-refractivity contribution in [3.8, 4) is 0 Å². The number of rotatable bonds is 2. The summed E-state index contributed by atoms with van der Waals surface area (Å²) < 4.78 is 0. The second kappa shape index (κ2) is 7.03. The minimum atomic E-state index is -0.728. The summed E-state index contributed by atoms with van der Waals surface area (Å²) in [5.74, 6) is 2.04. The molecule has 2 N–H and O–H groups in total. The number of hydrogen-bond acceptors (Lipinski definition) is 3. The number of hydrogen-bond donors (Lipinski definition) is 1. The van der Waals surface area contributed by atoms with Crippen LogP contribution in [0.1, 0.15) is 39.5 Å². The maximum absolute atomic E-state index is 12.2. The summed E-state index contributed by atoms with van der Waals surface area (Å²) >= 11 is 0. The van der Waals surface area contributed by atoms with Crippen molar-refractivity contribution >= 4 is 30.7 Å². The molecule has 1 aliphatic heterocycles. The van der Waals surface area contributed by atoms with Crippen LogP contribution in [0.3, 0.4) is 0 Å². The van der Waals surface area contributed by atoms with Gasteiger partial charge < -0.3 is 10.6 Å². The van der Waals surface area contributed by atoms with Crippen LogP contribution in [0.25, 0.3) is 0 Å². The highest BCUT2D eigenvalue weighted by Crippen LogP contribution is 2.46. The molecule has 2 bridgehead atoms. The number of nitrogens with two attached hydrogens (primary N) is 1. The van der Waals surface area contributed by atoms with Crippen LogP contribution in [0.4, 0.5) is 0 Å². The third-order valence-electron chi connectivity index (χ3n) is 5.32. The van der Waals surface area contributed by atoms with Gasteiger partial charge in [-0.05, 0) is 44.9 Å². The number of amides is 1. The van der Waals surface area contributed by atoms with Crippen molar-refractivity contribution in [2.24, 2.45) is 17.6 Å². The zero-order valence-corrected chi connectivity index (χ0v) is 14.7. The third kappa shape index (κ3) is 3.84. The van der Waals surface area contributed by atoms with Crippen molar-refractivity contribution in [1.29, 1.82) is 0 Å². The van der Waals surface area contributed by atoms with Gasteiger partial charge in [-0.25, -0.2) is 0 Å². The molecule has 1 saturated heterocycles. The molecule has 21 heavy (non-hydrogen) atoms. The summed E-state index contributed by atoms with van der Waals surface area (Å²) in [4.78, 5) is 16.7. The minimum absolute atomic E-state index is 0. The van der Waals surface area contributed by atoms with Gasteiger partial charge in [0.05, 0.1) is 5.54 Å². The van der Waals surface area contributed by atoms with E-state index in [4.69, 9.17) is 5.73 Å². The van der Waals surface area contributed by atoms with E-state index < -0.39 is 5.54 Å². The van der Waals surface area contributed by atoms with Gasteiger partial charge in [-0.15, -0.1) is 24.8 Å². The SMILES string of the molecule is CC(C)(N)C(=O)N1CCN(C2CC3CCC2C3)CC1.Cl.Cl. The Morgan fingerprint density at radius 1 is 1.05 bits per heavy atom. The van der Waals surface area contributed by atoms with Gasteiger partial charge in [0.2, 0.25) is 5.91 Å². The molecule has 124 valence electrons. The number of nitrogens with zero attached hydrogens (tertiary/aromatic N) is 2. The van der Waals surface area contributed by atoms with Crippen molar-refractivity contribution in [3.63, 3.8) is 0 Å². The lowest BCUT2D eigenvalue weighted by Gasteiger charge is -2.42. The predicted molar refractivity (Wildman–Crippen MR) is 90.2 cm³/mol. The predicted octanol–water partition coefficient (Wildman–Crippen LogP) is 1.90. The van der Waals surface area contributed by atoms with E-state index in [1.165, 1.54) is 25.7 Å². The first-order valence-corrected chi connectivity index (χ1v) is 7.77. The lowest BCUT2D eigenvalue weighted by molar-refractivity contribution is -0.138. The zero-order valence-electron chi connectivity index (χ0n) is 13.1. The van der Waals surface area contributed by atoms with E-state index in [2.05, 4.69) is 4.90 Å². The summed E-state index contributed by atoms with van der Waals surface area (Å²) in [6.07, 6.45) is 5.76. The molecule has 3 unspecified atom stereocenters. The Morgan fingerprint density at radius 3 is 2.10 bits per heavy atom. The van der Waals surface area contributed by atoms with Gasteiger partial charge in [-0.2, -0.15) is 0 Å². The van der Waals surface area contributed by atoms with Crippen LogP contribution >= 0.6 is 24.8 Å². The number of halogens is 2. The Balaban J connectivity index is 0.00000110. The highest BCUT2D eigenvalue weighted by atomic mass is 35.5. The Morgan fingerprint density at radius 2 is 1.67 bits per heavy atom. The van der Waals surface area contributed by atoms with Crippen molar-refractivity contribution in [2.45, 2.75) is 51.1 Å². The van der Waals surface area contributed by atoms with Gasteiger partial charge in [-0.3, -0.25) is 9.69 Å². The molecule has 3 atom stereocenters. The number of fused-ring (bicyclic) bond motifs is 2. The second-order valence-corrected chi connectivity index (χ2v) is 7.29. The molecule has 6 heteroatoms. The molecule has 2 aliphatic carbocycles. The fourth-order valence-electron chi connectivity index (χ4n) is 4.32. The standard InChI is InChI=1S/C15H27N3O.2ClH/c1-15(2,16)14(19)18-7-5-17(6-8-18)13-10-11-3-4-12(13)9-11;;/h11-13H,3-10,16H2,1-2H3;2*1H. The van der Waals surface area contributed by atoms with Crippen molar-refractivity contribution in [2.75, 3.05) is 26.2 Å². The summed E-state index contributed by atoms with van der Waals surface area (Å²) in [6.45, 7) is 7.39. The quantitative estimate of drug-likeness (QED) is 0.837. The number of carbonyl (C=O) groups excluding carboxylic acids is 1. The van der Waals surface area contributed by atoms with Crippen LogP contribution in [-0.4, -0.2) is 53.5 Å². The van der Waals surface area contributed by atoms with Crippen LogP contribution < -0.4 is 5.73 Å². The van der Waals surface area contributed by atoms with Crippen molar-refractivity contribution in [3.05, 3.63) is 0 Å². The van der Waals surface area contributed by atoms with E-state index in [0.29, 0.717) is 0 Å². The van der Waals surface area contributed by atoms with Crippen LogP contribution in [0.2, 0.25) is 0 Å². The molecule has 0 radical (unpaired) electrons. The normalized spacial score (nSPS) is 32.5. The van der Waals surface area contributed by atoms with Crippen LogP contribution in [0.5, 0.6) is 0 Å². The van der Waals surface area contributed by atoms with E-state index in [-0.39, 0.29) is 30.7 Å². The topological polar surface area (TPSA) is 49.6 Å². The Labute approximate surface area is 140 Å². The summed E-state index contributed by atoms with van der Waals surface area (Å²) in [5, 5.41) is 0. The molecule has 0 aromatic rings. The van der Waals surface area contributed by atoms with E-state index in [1.807, 2.05) is 4.90 Å². The number of piperazine rings is 1. The number of carbonyl (C=O) groups is 1. The molecule has 4 nitrogen and oxygen atoms in total. The first-order chi connectivity index (χ1) is 8.95. The molecule has 3 rings (SSSR count). The van der Waals surface area contributed by atoms with Crippen molar-refractivity contribution < 1.29 is 4.79 Å². The molecule has 2 saturated carbocycles. The highest BCUT2D eigenvalue weighted by Gasteiger charge is 2.43. The van der Waals surface area contributed by atoms with E-state index in [0.717, 1.165) is 44.1 Å². The van der Waals surface area contributed by atoms with E-state index in [1.54, 1.807) is 13.8 Å². The lowest BCUT2D eigenvalue weighted by Crippen LogP contribution is -2.58. The van der Waals surface area contributed by atoms with Crippen LogP contribution in [0.15, 0.2) is 0 Å². The molecule has 0 aromatic heterocycles. The summed E-state index contributed by atoms with van der Waals surface area (Å²) in [5.41, 5.74) is 5.18. The van der Waals surface area contributed by atoms with Gasteiger partial charge in [-0.1, -0.05) is 6.42 Å². The minimum Gasteiger partial charge on any atom is -0.339 e. The average Bonchev–Trinajstić information content (AvgIpc) is 2.99. The van der Waals surface area contributed by atoms with Gasteiger partial charge in [0.15, 0.2) is 0 Å². The summed E-state index contributed by atoms with van der Waals surface area (Å²) in [6, 6.07) is 0.807. The molecular weight excluding hydrogens is 309 g/mol. The van der Waals surface area contributed by atoms with Crippen LogP contribution in [0, 0.1) is 11.8 Å². The Bertz CT molecular complexity index is 364. The van der Waals surface area contributed by atoms with Gasteiger partial charge in [0, 0.05) is 32.2 Å². The zero-order chi connectivity index (χ0) is 13.6. The molecule has 3 aliphatic rings. The van der Waals surface area contributed by atoms with Crippen molar-refractivity contribution in [1.82, 2.24) is 9.80 Å². The fraction of sp³-hybridized carbons (Fsp3) is 0.933.